The summed E-state index contributed by atoms with van der Waals surface area (Å²) in [7, 11) is 0. The number of phenols is 1. The van der Waals surface area contributed by atoms with E-state index in [4.69, 9.17) is 34.8 Å². The number of phenolic OH excluding ortho intramolecular Hbond substituents is 1. The molecule has 118 valence electrons. The number of anilines is 1. The number of nitrogens with one attached hydrogen (secondary N) is 1. The van der Waals surface area contributed by atoms with E-state index < -0.39 is 11.7 Å². The van der Waals surface area contributed by atoms with Gasteiger partial charge in [0.05, 0.1) is 21.3 Å². The summed E-state index contributed by atoms with van der Waals surface area (Å²) >= 11 is 17.5. The Balaban J connectivity index is 2.25. The maximum absolute atomic E-state index is 12.7. The van der Waals surface area contributed by atoms with Crippen LogP contribution in [0.4, 0.5) is 18.9 Å². The summed E-state index contributed by atoms with van der Waals surface area (Å²) in [6.45, 7) is 0.00709. The quantitative estimate of drug-likeness (QED) is 0.696. The highest BCUT2D eigenvalue weighted by atomic mass is 35.5. The predicted octanol–water partition coefficient (Wildman–Crippen LogP) is 5.98. The Morgan fingerprint density at radius 2 is 1.68 bits per heavy atom. The molecule has 0 amide bonds. The van der Waals surface area contributed by atoms with Crippen molar-refractivity contribution in [3.8, 4) is 5.75 Å². The lowest BCUT2D eigenvalue weighted by molar-refractivity contribution is -0.137. The molecule has 0 spiro atoms. The van der Waals surface area contributed by atoms with Crippen LogP contribution in [0.5, 0.6) is 5.75 Å². The van der Waals surface area contributed by atoms with E-state index in [1.807, 2.05) is 0 Å². The van der Waals surface area contributed by atoms with Crippen LogP contribution in [0.25, 0.3) is 0 Å². The van der Waals surface area contributed by atoms with Crippen LogP contribution in [-0.2, 0) is 12.7 Å². The van der Waals surface area contributed by atoms with Crippen LogP contribution >= 0.6 is 34.8 Å². The van der Waals surface area contributed by atoms with Gasteiger partial charge in [0.15, 0.2) is 0 Å². The third kappa shape index (κ3) is 3.91. The Hall–Kier alpha value is -1.30. The lowest BCUT2D eigenvalue weighted by atomic mass is 10.1. The van der Waals surface area contributed by atoms with Crippen molar-refractivity contribution in [1.29, 1.82) is 0 Å². The number of alkyl halides is 3. The van der Waals surface area contributed by atoms with Crippen LogP contribution < -0.4 is 5.32 Å². The Labute approximate surface area is 139 Å². The molecule has 8 heteroatoms. The third-order valence-electron chi connectivity index (χ3n) is 2.87. The molecule has 0 bridgehead atoms. The van der Waals surface area contributed by atoms with Gasteiger partial charge in [-0.05, 0) is 30.3 Å². The van der Waals surface area contributed by atoms with Gasteiger partial charge in [0.1, 0.15) is 5.75 Å². The first kappa shape index (κ1) is 17.1. The highest BCUT2D eigenvalue weighted by Gasteiger charge is 2.30. The van der Waals surface area contributed by atoms with Gasteiger partial charge in [0.25, 0.3) is 0 Å². The molecule has 2 N–H and O–H groups in total. The van der Waals surface area contributed by atoms with Gasteiger partial charge in [-0.25, -0.2) is 0 Å². The normalized spacial score (nSPS) is 11.5. The molecule has 0 aromatic heterocycles. The largest absolute Gasteiger partial charge is 0.506 e. The van der Waals surface area contributed by atoms with Gasteiger partial charge in [-0.3, -0.25) is 0 Å². The molecule has 0 aliphatic rings. The van der Waals surface area contributed by atoms with Crippen molar-refractivity contribution in [2.24, 2.45) is 0 Å². The number of halogens is 6. The van der Waals surface area contributed by atoms with Crippen LogP contribution in [0, 0.1) is 0 Å². The minimum Gasteiger partial charge on any atom is -0.506 e. The second kappa shape index (κ2) is 6.44. The second-order valence-electron chi connectivity index (χ2n) is 4.44. The Kier molecular flexibility index (Phi) is 5.00. The zero-order valence-corrected chi connectivity index (χ0v) is 13.1. The smallest absolute Gasteiger partial charge is 0.416 e. The number of hydrogen-bond acceptors (Lipinski definition) is 2. The van der Waals surface area contributed by atoms with E-state index in [1.54, 1.807) is 0 Å². The molecule has 2 aromatic carbocycles. The summed E-state index contributed by atoms with van der Waals surface area (Å²) in [5.74, 6) is -0.193. The van der Waals surface area contributed by atoms with Gasteiger partial charge < -0.3 is 10.4 Å². The van der Waals surface area contributed by atoms with E-state index in [0.29, 0.717) is 10.6 Å². The number of rotatable bonds is 3. The van der Waals surface area contributed by atoms with Crippen molar-refractivity contribution in [3.05, 3.63) is 56.5 Å². The molecule has 0 radical (unpaired) electrons. The van der Waals surface area contributed by atoms with E-state index in [0.717, 1.165) is 18.2 Å². The fourth-order valence-electron chi connectivity index (χ4n) is 1.78. The topological polar surface area (TPSA) is 32.3 Å². The van der Waals surface area contributed by atoms with E-state index in [2.05, 4.69) is 5.32 Å². The van der Waals surface area contributed by atoms with Crippen molar-refractivity contribution in [2.45, 2.75) is 12.7 Å². The lowest BCUT2D eigenvalue weighted by Gasteiger charge is -2.13. The van der Waals surface area contributed by atoms with Crippen LogP contribution in [0.3, 0.4) is 0 Å². The van der Waals surface area contributed by atoms with E-state index >= 15 is 0 Å². The highest BCUT2D eigenvalue weighted by Crippen LogP contribution is 2.35. The van der Waals surface area contributed by atoms with Crippen LogP contribution in [0.15, 0.2) is 30.3 Å². The Morgan fingerprint density at radius 1 is 1.00 bits per heavy atom. The van der Waals surface area contributed by atoms with Crippen LogP contribution in [-0.4, -0.2) is 5.11 Å². The van der Waals surface area contributed by atoms with Crippen LogP contribution in [0.2, 0.25) is 15.1 Å². The average Bonchev–Trinajstić information content (AvgIpc) is 2.41. The molecule has 2 nitrogen and oxygen atoms in total. The fourth-order valence-corrected chi connectivity index (χ4v) is 2.50. The summed E-state index contributed by atoms with van der Waals surface area (Å²) in [4.78, 5) is 0. The second-order valence-corrected chi connectivity index (χ2v) is 5.69. The SMILES string of the molecule is Oc1c(Cl)cc(Cl)cc1CNc1cc(C(F)(F)F)ccc1Cl. The minimum absolute atomic E-state index is 0.00709. The molecule has 0 unspecified atom stereocenters. The molecule has 2 rings (SSSR count). The summed E-state index contributed by atoms with van der Waals surface area (Å²) < 4.78 is 38.1. The number of benzene rings is 2. The van der Waals surface area contributed by atoms with Gasteiger partial charge in [0, 0.05) is 17.1 Å². The summed E-state index contributed by atoms with van der Waals surface area (Å²) in [5, 5.41) is 13.0. The predicted molar refractivity (Wildman–Crippen MR) is 81.9 cm³/mol. The molecular formula is C14H9Cl3F3NO. The standard InChI is InChI=1S/C14H9Cl3F3NO/c15-9-3-7(13(22)11(17)5-9)6-21-12-4-8(14(18,19)20)1-2-10(12)16/h1-5,21-22H,6H2. The molecule has 22 heavy (non-hydrogen) atoms. The van der Waals surface area contributed by atoms with Gasteiger partial charge in [0.2, 0.25) is 0 Å². The number of hydrogen-bond donors (Lipinski definition) is 2. The average molecular weight is 371 g/mol. The van der Waals surface area contributed by atoms with Crippen LogP contribution in [0.1, 0.15) is 11.1 Å². The molecule has 0 saturated heterocycles. The Morgan fingerprint density at radius 3 is 2.32 bits per heavy atom. The van der Waals surface area contributed by atoms with Crippen molar-refractivity contribution in [3.63, 3.8) is 0 Å². The van der Waals surface area contributed by atoms with Crippen molar-refractivity contribution in [2.75, 3.05) is 5.32 Å². The first-order chi connectivity index (χ1) is 10.2. The molecule has 0 aliphatic heterocycles. The highest BCUT2D eigenvalue weighted by molar-refractivity contribution is 6.35. The first-order valence-electron chi connectivity index (χ1n) is 5.96. The third-order valence-corrected chi connectivity index (χ3v) is 3.71. The zero-order valence-electron chi connectivity index (χ0n) is 10.8. The maximum Gasteiger partial charge on any atom is 0.416 e. The van der Waals surface area contributed by atoms with Gasteiger partial charge in [-0.1, -0.05) is 34.8 Å². The minimum atomic E-state index is -4.47. The Bertz CT molecular complexity index is 704. The fraction of sp³-hybridized carbons (Fsp3) is 0.143. The molecule has 0 heterocycles. The van der Waals surface area contributed by atoms with E-state index in [1.165, 1.54) is 12.1 Å². The zero-order chi connectivity index (χ0) is 16.5. The van der Waals surface area contributed by atoms with Gasteiger partial charge >= 0.3 is 6.18 Å². The summed E-state index contributed by atoms with van der Waals surface area (Å²) in [6.07, 6.45) is -4.47. The summed E-state index contributed by atoms with van der Waals surface area (Å²) in [6, 6.07) is 5.75. The van der Waals surface area contributed by atoms with E-state index in [-0.39, 0.29) is 28.0 Å². The molecule has 2 aromatic rings. The summed E-state index contributed by atoms with van der Waals surface area (Å²) in [5.41, 5.74) is -0.397. The molecule has 0 aliphatic carbocycles. The van der Waals surface area contributed by atoms with Crippen molar-refractivity contribution in [1.82, 2.24) is 0 Å². The first-order valence-corrected chi connectivity index (χ1v) is 7.09. The monoisotopic (exact) mass is 369 g/mol. The van der Waals surface area contributed by atoms with Gasteiger partial charge in [-0.15, -0.1) is 0 Å². The maximum atomic E-state index is 12.7. The van der Waals surface area contributed by atoms with Crippen molar-refractivity contribution >= 4 is 40.5 Å². The van der Waals surface area contributed by atoms with Gasteiger partial charge in [-0.2, -0.15) is 13.2 Å². The molecule has 0 fully saturated rings. The van der Waals surface area contributed by atoms with E-state index in [9.17, 15) is 18.3 Å². The van der Waals surface area contributed by atoms with Crippen molar-refractivity contribution < 1.29 is 18.3 Å². The molecule has 0 saturated carbocycles. The molecular weight excluding hydrogens is 362 g/mol. The number of aromatic hydroxyl groups is 1. The molecule has 0 atom stereocenters. The lowest BCUT2D eigenvalue weighted by Crippen LogP contribution is -2.07.